The monoisotopic (exact) mass is 255 g/mol. The summed E-state index contributed by atoms with van der Waals surface area (Å²) in [7, 11) is 0. The minimum atomic E-state index is -0.468. The van der Waals surface area contributed by atoms with Crippen LogP contribution < -0.4 is 10.6 Å². The standard InChI is InChI=1S/C13H25N3O2/c1-9(2)14-13(18)15-11(4)12(17)16-8-6-5-7-10(16)3/h9-11H,5-8H2,1-4H3,(H2,14,15,18). The third kappa shape index (κ3) is 4.20. The fourth-order valence-corrected chi connectivity index (χ4v) is 2.24. The van der Waals surface area contributed by atoms with E-state index < -0.39 is 6.04 Å². The Hall–Kier alpha value is -1.26. The fourth-order valence-electron chi connectivity index (χ4n) is 2.24. The van der Waals surface area contributed by atoms with Crippen LogP contribution in [0.3, 0.4) is 0 Å². The summed E-state index contributed by atoms with van der Waals surface area (Å²) in [6, 6.07) is -0.398. The van der Waals surface area contributed by atoms with Crippen molar-refractivity contribution in [1.82, 2.24) is 15.5 Å². The molecule has 1 saturated heterocycles. The number of carbonyl (C=O) groups is 2. The molecule has 0 aromatic heterocycles. The van der Waals surface area contributed by atoms with Crippen molar-refractivity contribution in [2.24, 2.45) is 0 Å². The molecule has 0 aliphatic carbocycles. The molecule has 0 saturated carbocycles. The van der Waals surface area contributed by atoms with Crippen LogP contribution in [0.1, 0.15) is 47.0 Å². The lowest BCUT2D eigenvalue weighted by Gasteiger charge is -2.35. The summed E-state index contributed by atoms with van der Waals surface area (Å²) in [6.45, 7) is 8.39. The number of amides is 3. The van der Waals surface area contributed by atoms with Crippen LogP contribution in [-0.2, 0) is 4.79 Å². The molecule has 2 N–H and O–H groups in total. The van der Waals surface area contributed by atoms with Gasteiger partial charge in [-0.3, -0.25) is 4.79 Å². The zero-order valence-electron chi connectivity index (χ0n) is 11.8. The van der Waals surface area contributed by atoms with E-state index in [0.29, 0.717) is 0 Å². The van der Waals surface area contributed by atoms with Crippen LogP contribution in [0.4, 0.5) is 4.79 Å². The van der Waals surface area contributed by atoms with E-state index in [2.05, 4.69) is 17.6 Å². The molecule has 0 aromatic carbocycles. The van der Waals surface area contributed by atoms with E-state index in [0.717, 1.165) is 19.4 Å². The molecule has 2 atom stereocenters. The molecule has 18 heavy (non-hydrogen) atoms. The largest absolute Gasteiger partial charge is 0.338 e. The highest BCUT2D eigenvalue weighted by Crippen LogP contribution is 2.17. The summed E-state index contributed by atoms with van der Waals surface area (Å²) >= 11 is 0. The van der Waals surface area contributed by atoms with Crippen molar-refractivity contribution in [2.45, 2.75) is 65.1 Å². The molecule has 3 amide bonds. The molecule has 1 aliphatic heterocycles. The topological polar surface area (TPSA) is 61.4 Å². The van der Waals surface area contributed by atoms with Crippen LogP contribution in [0.5, 0.6) is 0 Å². The van der Waals surface area contributed by atoms with Crippen molar-refractivity contribution in [1.29, 1.82) is 0 Å². The average molecular weight is 255 g/mol. The van der Waals surface area contributed by atoms with Crippen LogP contribution in [-0.4, -0.2) is 41.5 Å². The van der Waals surface area contributed by atoms with E-state index in [4.69, 9.17) is 0 Å². The highest BCUT2D eigenvalue weighted by molar-refractivity contribution is 5.87. The van der Waals surface area contributed by atoms with Gasteiger partial charge in [-0.25, -0.2) is 4.79 Å². The van der Waals surface area contributed by atoms with Gasteiger partial charge in [-0.15, -0.1) is 0 Å². The Bertz CT molecular complexity index is 305. The normalized spacial score (nSPS) is 21.6. The molecule has 0 bridgehead atoms. The maximum absolute atomic E-state index is 12.2. The van der Waals surface area contributed by atoms with E-state index in [1.54, 1.807) is 6.92 Å². The number of nitrogens with zero attached hydrogens (tertiary/aromatic N) is 1. The Labute approximate surface area is 109 Å². The van der Waals surface area contributed by atoms with Crippen LogP contribution in [0, 0.1) is 0 Å². The first-order valence-corrected chi connectivity index (χ1v) is 6.79. The van der Waals surface area contributed by atoms with E-state index in [-0.39, 0.29) is 24.0 Å². The Balaban J connectivity index is 2.47. The van der Waals surface area contributed by atoms with Gasteiger partial charge < -0.3 is 15.5 Å². The summed E-state index contributed by atoms with van der Waals surface area (Å²) in [5, 5.41) is 5.41. The predicted molar refractivity (Wildman–Crippen MR) is 71.3 cm³/mol. The first-order valence-electron chi connectivity index (χ1n) is 6.79. The Kier molecular flexibility index (Phi) is 5.44. The van der Waals surface area contributed by atoms with Gasteiger partial charge in [-0.1, -0.05) is 0 Å². The van der Waals surface area contributed by atoms with Crippen molar-refractivity contribution in [3.05, 3.63) is 0 Å². The van der Waals surface area contributed by atoms with Crippen LogP contribution in [0.15, 0.2) is 0 Å². The zero-order valence-corrected chi connectivity index (χ0v) is 11.8. The first kappa shape index (κ1) is 14.8. The molecule has 0 spiro atoms. The zero-order chi connectivity index (χ0) is 13.7. The molecule has 1 aliphatic rings. The second-order valence-electron chi connectivity index (χ2n) is 5.37. The lowest BCUT2D eigenvalue weighted by atomic mass is 10.0. The second-order valence-corrected chi connectivity index (χ2v) is 5.37. The first-order chi connectivity index (χ1) is 8.41. The van der Waals surface area contributed by atoms with Gasteiger partial charge >= 0.3 is 6.03 Å². The Morgan fingerprint density at radius 1 is 1.17 bits per heavy atom. The van der Waals surface area contributed by atoms with E-state index in [1.165, 1.54) is 6.42 Å². The third-order valence-electron chi connectivity index (χ3n) is 3.22. The number of hydrogen-bond acceptors (Lipinski definition) is 2. The van der Waals surface area contributed by atoms with Crippen molar-refractivity contribution in [3.63, 3.8) is 0 Å². The highest BCUT2D eigenvalue weighted by Gasteiger charge is 2.27. The van der Waals surface area contributed by atoms with Gasteiger partial charge in [0, 0.05) is 18.6 Å². The molecular weight excluding hydrogens is 230 g/mol. The minimum Gasteiger partial charge on any atom is -0.338 e. The van der Waals surface area contributed by atoms with Gasteiger partial charge in [0.15, 0.2) is 0 Å². The molecular formula is C13H25N3O2. The molecule has 2 unspecified atom stereocenters. The summed E-state index contributed by atoms with van der Waals surface area (Å²) in [4.78, 5) is 25.6. The molecule has 0 radical (unpaired) electrons. The number of likely N-dealkylation sites (tertiary alicyclic amines) is 1. The number of hydrogen-bond donors (Lipinski definition) is 2. The van der Waals surface area contributed by atoms with Crippen LogP contribution in [0.2, 0.25) is 0 Å². The summed E-state index contributed by atoms with van der Waals surface area (Å²) in [6.07, 6.45) is 3.29. The van der Waals surface area contributed by atoms with E-state index >= 15 is 0 Å². The van der Waals surface area contributed by atoms with Crippen LogP contribution in [0.25, 0.3) is 0 Å². The van der Waals surface area contributed by atoms with Gasteiger partial charge in [0.25, 0.3) is 0 Å². The van der Waals surface area contributed by atoms with Crippen LogP contribution >= 0.6 is 0 Å². The quantitative estimate of drug-likeness (QED) is 0.802. The number of urea groups is 1. The number of piperidine rings is 1. The summed E-state index contributed by atoms with van der Waals surface area (Å²) in [5.74, 6) is 0.0149. The molecule has 104 valence electrons. The predicted octanol–water partition coefficient (Wildman–Crippen LogP) is 1.48. The third-order valence-corrected chi connectivity index (χ3v) is 3.22. The van der Waals surface area contributed by atoms with Gasteiger partial charge in [-0.05, 0) is 47.0 Å². The molecule has 0 aromatic rings. The maximum atomic E-state index is 12.2. The smallest absolute Gasteiger partial charge is 0.315 e. The molecule has 1 rings (SSSR count). The van der Waals surface area contributed by atoms with E-state index in [9.17, 15) is 9.59 Å². The summed E-state index contributed by atoms with van der Waals surface area (Å²) in [5.41, 5.74) is 0. The highest BCUT2D eigenvalue weighted by atomic mass is 16.2. The SMILES string of the molecule is CC(C)NC(=O)NC(C)C(=O)N1CCCCC1C. The second kappa shape index (κ2) is 6.61. The number of nitrogens with one attached hydrogen (secondary N) is 2. The lowest BCUT2D eigenvalue weighted by Crippen LogP contribution is -2.53. The minimum absolute atomic E-state index is 0.0149. The molecule has 5 nitrogen and oxygen atoms in total. The number of rotatable bonds is 3. The van der Waals surface area contributed by atoms with Gasteiger partial charge in [-0.2, -0.15) is 0 Å². The average Bonchev–Trinajstić information content (AvgIpc) is 2.27. The van der Waals surface area contributed by atoms with Gasteiger partial charge in [0.1, 0.15) is 6.04 Å². The number of carbonyl (C=O) groups excluding carboxylic acids is 2. The molecule has 1 heterocycles. The van der Waals surface area contributed by atoms with Crippen molar-refractivity contribution >= 4 is 11.9 Å². The lowest BCUT2D eigenvalue weighted by molar-refractivity contribution is -0.136. The summed E-state index contributed by atoms with van der Waals surface area (Å²) < 4.78 is 0. The Morgan fingerprint density at radius 2 is 1.83 bits per heavy atom. The van der Waals surface area contributed by atoms with Gasteiger partial charge in [0.05, 0.1) is 0 Å². The van der Waals surface area contributed by atoms with Crippen molar-refractivity contribution in [2.75, 3.05) is 6.54 Å². The maximum Gasteiger partial charge on any atom is 0.315 e. The fraction of sp³-hybridized carbons (Fsp3) is 0.846. The molecule has 1 fully saturated rings. The van der Waals surface area contributed by atoms with Crippen molar-refractivity contribution in [3.8, 4) is 0 Å². The van der Waals surface area contributed by atoms with Gasteiger partial charge in [0.2, 0.25) is 5.91 Å². The molecule has 5 heteroatoms. The van der Waals surface area contributed by atoms with Crippen molar-refractivity contribution < 1.29 is 9.59 Å². The van der Waals surface area contributed by atoms with E-state index in [1.807, 2.05) is 18.7 Å². The Morgan fingerprint density at radius 3 is 2.39 bits per heavy atom.